The van der Waals surface area contributed by atoms with Crippen molar-refractivity contribution in [2.45, 2.75) is 48.7 Å². The number of nitrogens with zero attached hydrogens (tertiary/aromatic N) is 1. The molecule has 2 N–H and O–H groups in total. The van der Waals surface area contributed by atoms with Crippen molar-refractivity contribution in [2.75, 3.05) is 19.9 Å². The molecule has 2 fully saturated rings. The van der Waals surface area contributed by atoms with Gasteiger partial charge in [0.25, 0.3) is 5.91 Å². The first kappa shape index (κ1) is 23.7. The highest BCUT2D eigenvalue weighted by atomic mass is 32.2. The van der Waals surface area contributed by atoms with Crippen molar-refractivity contribution in [3.8, 4) is 0 Å². The normalized spacial score (nSPS) is 21.9. The van der Waals surface area contributed by atoms with Crippen molar-refractivity contribution in [1.29, 1.82) is 0 Å². The molecule has 1 aliphatic heterocycles. The Bertz CT molecular complexity index is 887. The summed E-state index contributed by atoms with van der Waals surface area (Å²) in [7, 11) is -1.99. The molecule has 2 aliphatic rings. The van der Waals surface area contributed by atoms with Gasteiger partial charge in [0, 0.05) is 0 Å². The van der Waals surface area contributed by atoms with Gasteiger partial charge >= 0.3 is 12.1 Å². The zero-order valence-corrected chi connectivity index (χ0v) is 18.3. The Labute approximate surface area is 187 Å². The molecular formula is C21H26N2O8S. The largest absolute Gasteiger partial charge is 0.511 e. The fourth-order valence-corrected chi connectivity index (χ4v) is 5.36. The summed E-state index contributed by atoms with van der Waals surface area (Å²) in [6.07, 6.45) is 3.32. The molecule has 1 aromatic rings. The van der Waals surface area contributed by atoms with Gasteiger partial charge < -0.3 is 24.8 Å². The number of primary amides is 1. The Morgan fingerprint density at radius 3 is 2.41 bits per heavy atom. The molecule has 0 aromatic heterocycles. The number of hydrogen-bond acceptors (Lipinski definition) is 8. The molecule has 10 nitrogen and oxygen atoms in total. The summed E-state index contributed by atoms with van der Waals surface area (Å²) in [4.78, 5) is 49.5. The third-order valence-corrected chi connectivity index (χ3v) is 7.28. The number of esters is 1. The number of likely N-dealkylation sites (tertiary alicyclic amines) is 1. The Balaban J connectivity index is 1.60. The molecular weight excluding hydrogens is 440 g/mol. The molecule has 1 saturated carbocycles. The number of carbonyl (C=O) groups is 4. The van der Waals surface area contributed by atoms with Crippen LogP contribution in [0.1, 0.15) is 37.7 Å². The summed E-state index contributed by atoms with van der Waals surface area (Å²) in [6, 6.07) is 8.69. The lowest BCUT2D eigenvalue weighted by Gasteiger charge is -2.44. The molecule has 0 radical (unpaired) electrons. The van der Waals surface area contributed by atoms with Crippen LogP contribution in [0.5, 0.6) is 0 Å². The fraction of sp³-hybridized carbons (Fsp3) is 0.524. The van der Waals surface area contributed by atoms with Crippen LogP contribution in [-0.2, 0) is 45.1 Å². The molecule has 1 saturated heterocycles. The number of hydrogen-bond donors (Lipinski definition) is 1. The second-order valence-corrected chi connectivity index (χ2v) is 9.43. The van der Waals surface area contributed by atoms with Gasteiger partial charge in [0.2, 0.25) is 17.4 Å². The summed E-state index contributed by atoms with van der Waals surface area (Å²) in [6.45, 7) is -1.47. The van der Waals surface area contributed by atoms with Gasteiger partial charge in [-0.25, -0.2) is 9.59 Å². The highest BCUT2D eigenvalue weighted by Crippen LogP contribution is 2.32. The standard InChI is InChI=1S/C21H26N2O8S/c22-17(24)11-23-13-21(18(23)25,32(28)12-15-7-3-1-4-8-15)19(26)29-14-30-20(27)31-16-9-5-2-6-10-16/h1,3-4,7-8,16H,2,5-6,9-14H2,(H2,22,24). The molecule has 2 unspecified atom stereocenters. The summed E-state index contributed by atoms with van der Waals surface area (Å²) in [5.74, 6) is -2.75. The number of rotatable bonds is 9. The first-order chi connectivity index (χ1) is 15.3. The van der Waals surface area contributed by atoms with E-state index in [2.05, 4.69) is 0 Å². The van der Waals surface area contributed by atoms with Crippen molar-refractivity contribution in [3.63, 3.8) is 0 Å². The molecule has 11 heteroatoms. The van der Waals surface area contributed by atoms with Gasteiger partial charge in [0.1, 0.15) is 6.10 Å². The minimum atomic E-state index is -2.00. The maximum Gasteiger partial charge on any atom is 0.511 e. The highest BCUT2D eigenvalue weighted by Gasteiger charge is 2.63. The van der Waals surface area contributed by atoms with E-state index < -0.39 is 52.8 Å². The average Bonchev–Trinajstić information content (AvgIpc) is 2.77. The Morgan fingerprint density at radius 1 is 1.09 bits per heavy atom. The van der Waals surface area contributed by atoms with Crippen LogP contribution >= 0.6 is 0 Å². The second-order valence-electron chi connectivity index (χ2n) is 7.75. The average molecular weight is 467 g/mol. The summed E-state index contributed by atoms with van der Waals surface area (Å²) in [5.41, 5.74) is 5.78. The van der Waals surface area contributed by atoms with Crippen molar-refractivity contribution in [3.05, 3.63) is 35.9 Å². The topological polar surface area (TPSA) is 142 Å². The summed E-state index contributed by atoms with van der Waals surface area (Å²) >= 11 is 0. The van der Waals surface area contributed by atoms with E-state index in [4.69, 9.17) is 19.9 Å². The lowest BCUT2D eigenvalue weighted by molar-refractivity contribution is -0.169. The number of nitrogens with two attached hydrogens (primary N) is 1. The van der Waals surface area contributed by atoms with Crippen LogP contribution in [0, 0.1) is 0 Å². The van der Waals surface area contributed by atoms with E-state index in [9.17, 15) is 23.4 Å². The fourth-order valence-electron chi connectivity index (χ4n) is 3.75. The summed E-state index contributed by atoms with van der Waals surface area (Å²) in [5, 5.41) is 0. The van der Waals surface area contributed by atoms with Gasteiger partial charge in [-0.15, -0.1) is 0 Å². The van der Waals surface area contributed by atoms with E-state index in [1.54, 1.807) is 30.3 Å². The van der Waals surface area contributed by atoms with Crippen LogP contribution in [0.15, 0.2) is 30.3 Å². The SMILES string of the molecule is NC(=O)CN1CC(C(=O)OCOC(=O)OC2CCCCC2)(S(=O)Cc2ccccc2)C1=O. The number of β-lactam (4-membered cyclic amide) rings is 1. The maximum atomic E-state index is 13.1. The Morgan fingerprint density at radius 2 is 1.78 bits per heavy atom. The van der Waals surface area contributed by atoms with Gasteiger partial charge in [-0.1, -0.05) is 36.8 Å². The molecule has 1 aromatic carbocycles. The van der Waals surface area contributed by atoms with Crippen LogP contribution < -0.4 is 5.73 Å². The van der Waals surface area contributed by atoms with Gasteiger partial charge in [-0.05, 0) is 31.2 Å². The summed E-state index contributed by atoms with van der Waals surface area (Å²) < 4.78 is 26.0. The number of carbonyl (C=O) groups excluding carboxylic acids is 4. The van der Waals surface area contributed by atoms with Gasteiger partial charge in [0.05, 0.1) is 29.6 Å². The van der Waals surface area contributed by atoms with E-state index >= 15 is 0 Å². The molecule has 2 amide bonds. The maximum absolute atomic E-state index is 13.1. The van der Waals surface area contributed by atoms with Gasteiger partial charge in [0.15, 0.2) is 0 Å². The van der Waals surface area contributed by atoms with E-state index in [0.717, 1.165) is 37.0 Å². The van der Waals surface area contributed by atoms with Crippen LogP contribution in [0.25, 0.3) is 0 Å². The first-order valence-electron chi connectivity index (χ1n) is 10.3. The van der Waals surface area contributed by atoms with E-state index in [1.807, 2.05) is 0 Å². The number of amides is 2. The lowest BCUT2D eigenvalue weighted by Crippen LogP contribution is -2.73. The molecule has 0 spiro atoms. The smallest absolute Gasteiger partial charge is 0.431 e. The molecule has 2 atom stereocenters. The predicted octanol–water partition coefficient (Wildman–Crippen LogP) is 0.988. The van der Waals surface area contributed by atoms with E-state index in [1.165, 1.54) is 0 Å². The number of benzene rings is 1. The van der Waals surface area contributed by atoms with E-state index in [0.29, 0.717) is 5.56 Å². The van der Waals surface area contributed by atoms with Crippen molar-refractivity contribution in [1.82, 2.24) is 4.90 Å². The van der Waals surface area contributed by atoms with E-state index in [-0.39, 0.29) is 18.4 Å². The lowest BCUT2D eigenvalue weighted by atomic mass is 9.97. The van der Waals surface area contributed by atoms with Crippen molar-refractivity contribution in [2.24, 2.45) is 5.73 Å². The van der Waals surface area contributed by atoms with Crippen molar-refractivity contribution >= 4 is 34.7 Å². The highest BCUT2D eigenvalue weighted by molar-refractivity contribution is 7.87. The molecule has 32 heavy (non-hydrogen) atoms. The second kappa shape index (κ2) is 10.6. The van der Waals surface area contributed by atoms with Crippen molar-refractivity contribution < 1.29 is 37.6 Å². The third-order valence-electron chi connectivity index (χ3n) is 5.43. The molecule has 1 heterocycles. The zero-order chi connectivity index (χ0) is 23.1. The molecule has 174 valence electrons. The van der Waals surface area contributed by atoms with Crippen LogP contribution in [0.4, 0.5) is 4.79 Å². The molecule has 1 aliphatic carbocycles. The monoisotopic (exact) mass is 466 g/mol. The third kappa shape index (κ3) is 5.45. The minimum Gasteiger partial charge on any atom is -0.431 e. The zero-order valence-electron chi connectivity index (χ0n) is 17.5. The predicted molar refractivity (Wildman–Crippen MR) is 112 cm³/mol. The van der Waals surface area contributed by atoms with Crippen LogP contribution in [-0.4, -0.2) is 63.8 Å². The molecule has 0 bridgehead atoms. The van der Waals surface area contributed by atoms with Gasteiger partial charge in [-0.3, -0.25) is 13.8 Å². The van der Waals surface area contributed by atoms with Crippen LogP contribution in [0.3, 0.4) is 0 Å². The molecule has 3 rings (SSSR count). The van der Waals surface area contributed by atoms with Gasteiger partial charge in [-0.2, -0.15) is 0 Å². The van der Waals surface area contributed by atoms with Crippen LogP contribution in [0.2, 0.25) is 0 Å². The Kier molecular flexibility index (Phi) is 7.84. The quantitative estimate of drug-likeness (QED) is 0.246. The number of ether oxygens (including phenoxy) is 3. The first-order valence-corrected chi connectivity index (χ1v) is 11.7. The Hall–Kier alpha value is -2.95. The minimum absolute atomic E-state index is 0.0727.